The molecule has 0 amide bonds. The molecule has 0 fully saturated rings. The summed E-state index contributed by atoms with van der Waals surface area (Å²) in [4.78, 5) is 14.1. The van der Waals surface area contributed by atoms with Crippen molar-refractivity contribution in [3.63, 3.8) is 0 Å². The van der Waals surface area contributed by atoms with Crippen LogP contribution in [0.25, 0.3) is 10.9 Å². The number of nitrogens with one attached hydrogen (secondary N) is 1. The molecule has 0 saturated carbocycles. The zero-order valence-electron chi connectivity index (χ0n) is 8.25. The molecule has 78 valence electrons. The van der Waals surface area contributed by atoms with E-state index in [1.807, 2.05) is 0 Å². The van der Waals surface area contributed by atoms with Crippen molar-refractivity contribution >= 4 is 10.9 Å². The van der Waals surface area contributed by atoms with Crippen molar-refractivity contribution in [1.29, 1.82) is 0 Å². The van der Waals surface area contributed by atoms with Gasteiger partial charge in [-0.15, -0.1) is 0 Å². The van der Waals surface area contributed by atoms with Crippen LogP contribution in [-0.4, -0.2) is 4.98 Å². The monoisotopic (exact) mass is 206 g/mol. The van der Waals surface area contributed by atoms with Gasteiger partial charge in [-0.25, -0.2) is 4.39 Å². The third-order valence-corrected chi connectivity index (χ3v) is 2.33. The number of H-pyrrole nitrogens is 1. The lowest BCUT2D eigenvalue weighted by molar-refractivity contribution is 0.629. The minimum absolute atomic E-state index is 0.261. The molecule has 2 rings (SSSR count). The minimum Gasteiger partial charge on any atom is -0.324 e. The first kappa shape index (κ1) is 9.86. The third-order valence-electron chi connectivity index (χ3n) is 2.33. The van der Waals surface area contributed by atoms with Gasteiger partial charge in [0, 0.05) is 11.6 Å². The summed E-state index contributed by atoms with van der Waals surface area (Å²) in [5, 5.41) is 0.781. The molecule has 1 heterocycles. The zero-order chi connectivity index (χ0) is 11.0. The number of fused-ring (bicyclic) bond motifs is 1. The molecule has 0 bridgehead atoms. The van der Waals surface area contributed by atoms with Crippen molar-refractivity contribution in [2.24, 2.45) is 5.73 Å². The molecule has 0 radical (unpaired) electrons. The molecule has 2 aromatic rings. The van der Waals surface area contributed by atoms with Crippen LogP contribution in [0.2, 0.25) is 0 Å². The van der Waals surface area contributed by atoms with Gasteiger partial charge >= 0.3 is 0 Å². The Hall–Kier alpha value is -1.68. The van der Waals surface area contributed by atoms with Gasteiger partial charge in [0.15, 0.2) is 0 Å². The van der Waals surface area contributed by atoms with Crippen molar-refractivity contribution in [2.45, 2.75) is 13.0 Å². The largest absolute Gasteiger partial charge is 0.324 e. The Morgan fingerprint density at radius 2 is 2.13 bits per heavy atom. The van der Waals surface area contributed by atoms with E-state index >= 15 is 0 Å². The Balaban J connectivity index is 2.76. The number of nitrogens with two attached hydrogens (primary N) is 1. The molecular formula is C11H11FN2O. The van der Waals surface area contributed by atoms with E-state index in [0.717, 1.165) is 5.39 Å². The van der Waals surface area contributed by atoms with Gasteiger partial charge in [0.2, 0.25) is 0 Å². The van der Waals surface area contributed by atoms with Crippen LogP contribution in [0.3, 0.4) is 0 Å². The topological polar surface area (TPSA) is 58.9 Å². The van der Waals surface area contributed by atoms with E-state index in [9.17, 15) is 9.18 Å². The number of aromatic amines is 1. The van der Waals surface area contributed by atoms with Crippen LogP contribution < -0.4 is 11.3 Å². The van der Waals surface area contributed by atoms with E-state index in [-0.39, 0.29) is 17.4 Å². The number of aromatic nitrogens is 1. The number of pyridine rings is 1. The van der Waals surface area contributed by atoms with Crippen LogP contribution in [0.1, 0.15) is 18.5 Å². The van der Waals surface area contributed by atoms with E-state index in [4.69, 9.17) is 5.73 Å². The number of rotatable bonds is 1. The molecule has 0 spiro atoms. The predicted molar refractivity (Wildman–Crippen MR) is 57.1 cm³/mol. The van der Waals surface area contributed by atoms with Crippen molar-refractivity contribution in [3.05, 3.63) is 46.0 Å². The van der Waals surface area contributed by atoms with Crippen molar-refractivity contribution in [2.75, 3.05) is 0 Å². The Kier molecular flexibility index (Phi) is 2.28. The summed E-state index contributed by atoms with van der Waals surface area (Å²) >= 11 is 0. The summed E-state index contributed by atoms with van der Waals surface area (Å²) in [7, 11) is 0. The van der Waals surface area contributed by atoms with E-state index in [1.165, 1.54) is 12.1 Å². The lowest BCUT2D eigenvalue weighted by atomic mass is 10.1. The maximum Gasteiger partial charge on any atom is 0.253 e. The number of hydrogen-bond acceptors (Lipinski definition) is 2. The Morgan fingerprint density at radius 3 is 2.80 bits per heavy atom. The van der Waals surface area contributed by atoms with E-state index in [2.05, 4.69) is 4.98 Å². The van der Waals surface area contributed by atoms with Crippen molar-refractivity contribution in [3.8, 4) is 0 Å². The summed E-state index contributed by atoms with van der Waals surface area (Å²) < 4.78 is 12.9. The lowest BCUT2D eigenvalue weighted by Gasteiger charge is -2.05. The summed E-state index contributed by atoms with van der Waals surface area (Å²) in [6, 6.07) is 5.63. The van der Waals surface area contributed by atoms with Crippen LogP contribution >= 0.6 is 0 Å². The molecule has 3 nitrogen and oxygen atoms in total. The normalized spacial score (nSPS) is 13.0. The summed E-state index contributed by atoms with van der Waals surface area (Å²) in [5.41, 5.74) is 6.38. The molecule has 4 heteroatoms. The standard InChI is InChI=1S/C11H11FN2O/c1-6(13)9-4-7-2-3-8(12)5-10(7)14-11(9)15/h2-6H,13H2,1H3,(H,14,15). The fourth-order valence-corrected chi connectivity index (χ4v) is 1.53. The average molecular weight is 206 g/mol. The summed E-state index contributed by atoms with van der Waals surface area (Å²) in [6.45, 7) is 1.74. The zero-order valence-corrected chi connectivity index (χ0v) is 8.25. The predicted octanol–water partition coefficient (Wildman–Crippen LogP) is 1.69. The molecule has 0 saturated heterocycles. The van der Waals surface area contributed by atoms with Gasteiger partial charge in [-0.3, -0.25) is 4.79 Å². The molecular weight excluding hydrogens is 195 g/mol. The van der Waals surface area contributed by atoms with Gasteiger partial charge in [0.05, 0.1) is 5.52 Å². The van der Waals surface area contributed by atoms with Crippen LogP contribution in [0.15, 0.2) is 29.1 Å². The van der Waals surface area contributed by atoms with Gasteiger partial charge in [-0.2, -0.15) is 0 Å². The summed E-state index contributed by atoms with van der Waals surface area (Å²) in [6.07, 6.45) is 0. The molecule has 0 aliphatic carbocycles. The highest BCUT2D eigenvalue weighted by Crippen LogP contribution is 2.14. The van der Waals surface area contributed by atoms with Crippen LogP contribution in [0.5, 0.6) is 0 Å². The van der Waals surface area contributed by atoms with E-state index in [1.54, 1.807) is 19.1 Å². The molecule has 1 aromatic heterocycles. The first-order chi connectivity index (χ1) is 7.08. The summed E-state index contributed by atoms with van der Waals surface area (Å²) in [5.74, 6) is -0.369. The Morgan fingerprint density at radius 1 is 1.40 bits per heavy atom. The second-order valence-electron chi connectivity index (χ2n) is 3.57. The van der Waals surface area contributed by atoms with Gasteiger partial charge < -0.3 is 10.7 Å². The van der Waals surface area contributed by atoms with Gasteiger partial charge in [-0.05, 0) is 36.6 Å². The van der Waals surface area contributed by atoms with E-state index in [0.29, 0.717) is 11.1 Å². The van der Waals surface area contributed by atoms with Crippen LogP contribution in [-0.2, 0) is 0 Å². The van der Waals surface area contributed by atoms with Crippen molar-refractivity contribution < 1.29 is 4.39 Å². The molecule has 1 aromatic carbocycles. The Bertz CT molecular complexity index is 560. The van der Waals surface area contributed by atoms with Crippen LogP contribution in [0.4, 0.5) is 4.39 Å². The molecule has 0 aliphatic heterocycles. The van der Waals surface area contributed by atoms with Crippen molar-refractivity contribution in [1.82, 2.24) is 4.98 Å². The quantitative estimate of drug-likeness (QED) is 0.745. The molecule has 15 heavy (non-hydrogen) atoms. The highest BCUT2D eigenvalue weighted by atomic mass is 19.1. The SMILES string of the molecule is CC(N)c1cc2ccc(F)cc2[nH]c1=O. The molecule has 3 N–H and O–H groups in total. The van der Waals surface area contributed by atoms with Crippen LogP contribution in [0, 0.1) is 5.82 Å². The molecule has 1 unspecified atom stereocenters. The smallest absolute Gasteiger partial charge is 0.253 e. The number of benzene rings is 1. The fraction of sp³-hybridized carbons (Fsp3) is 0.182. The molecule has 1 atom stereocenters. The first-order valence-corrected chi connectivity index (χ1v) is 4.66. The average Bonchev–Trinajstić information content (AvgIpc) is 2.15. The molecule has 0 aliphatic rings. The third kappa shape index (κ3) is 1.76. The highest BCUT2D eigenvalue weighted by Gasteiger charge is 2.06. The maximum atomic E-state index is 12.9. The fourth-order valence-electron chi connectivity index (χ4n) is 1.53. The lowest BCUT2D eigenvalue weighted by Crippen LogP contribution is -2.19. The second kappa shape index (κ2) is 3.47. The Labute approximate surface area is 85.7 Å². The first-order valence-electron chi connectivity index (χ1n) is 4.66. The minimum atomic E-state index is -0.369. The highest BCUT2D eigenvalue weighted by molar-refractivity contribution is 5.78. The van der Waals surface area contributed by atoms with Gasteiger partial charge in [0.1, 0.15) is 5.82 Å². The number of halogens is 1. The number of hydrogen-bond donors (Lipinski definition) is 2. The van der Waals surface area contributed by atoms with Gasteiger partial charge in [-0.1, -0.05) is 0 Å². The second-order valence-corrected chi connectivity index (χ2v) is 3.57. The maximum absolute atomic E-state index is 12.9. The van der Waals surface area contributed by atoms with Gasteiger partial charge in [0.25, 0.3) is 5.56 Å². The van der Waals surface area contributed by atoms with E-state index < -0.39 is 0 Å².